The summed E-state index contributed by atoms with van der Waals surface area (Å²) in [5, 5.41) is 2.82. The van der Waals surface area contributed by atoms with Crippen molar-refractivity contribution in [1.29, 1.82) is 0 Å². The first-order chi connectivity index (χ1) is 8.02. The Kier molecular flexibility index (Phi) is 4.73. The Hall–Kier alpha value is -1.32. The summed E-state index contributed by atoms with van der Waals surface area (Å²) in [6.45, 7) is 10.0. The zero-order valence-corrected chi connectivity index (χ0v) is 10.9. The summed E-state index contributed by atoms with van der Waals surface area (Å²) in [7, 11) is 0. The topological polar surface area (TPSA) is 49.4 Å². The number of nitrogens with zero attached hydrogens (tertiary/aromatic N) is 1. The zero-order valence-electron chi connectivity index (χ0n) is 10.9. The fourth-order valence-corrected chi connectivity index (χ4v) is 2.29. The molecule has 0 aromatic rings. The quantitative estimate of drug-likeness (QED) is 0.734. The van der Waals surface area contributed by atoms with Gasteiger partial charge in [0.25, 0.3) is 0 Å². The van der Waals surface area contributed by atoms with E-state index in [0.717, 1.165) is 6.42 Å². The Morgan fingerprint density at radius 2 is 2.12 bits per heavy atom. The molecule has 0 spiro atoms. The van der Waals surface area contributed by atoms with Crippen LogP contribution in [0.3, 0.4) is 0 Å². The SMILES string of the molecule is C=CCN1C(=O)C(CCC)NC(=O)C1C(C)C. The second-order valence-electron chi connectivity index (χ2n) is 4.82. The van der Waals surface area contributed by atoms with E-state index in [1.165, 1.54) is 0 Å². The first-order valence-electron chi connectivity index (χ1n) is 6.24. The number of carbonyl (C=O) groups excluding carboxylic acids is 2. The summed E-state index contributed by atoms with van der Waals surface area (Å²) in [5.41, 5.74) is 0. The van der Waals surface area contributed by atoms with Crippen molar-refractivity contribution in [2.24, 2.45) is 5.92 Å². The average Bonchev–Trinajstić information content (AvgIpc) is 2.25. The van der Waals surface area contributed by atoms with Crippen LogP contribution in [0.5, 0.6) is 0 Å². The van der Waals surface area contributed by atoms with Crippen LogP contribution in [0.1, 0.15) is 33.6 Å². The van der Waals surface area contributed by atoms with Gasteiger partial charge in [-0.2, -0.15) is 0 Å². The van der Waals surface area contributed by atoms with Crippen LogP contribution in [-0.2, 0) is 9.59 Å². The van der Waals surface area contributed by atoms with E-state index in [-0.39, 0.29) is 29.8 Å². The third-order valence-corrected chi connectivity index (χ3v) is 3.04. The fraction of sp³-hybridized carbons (Fsp3) is 0.692. The molecule has 0 aromatic heterocycles. The highest BCUT2D eigenvalue weighted by molar-refractivity contribution is 5.97. The molecule has 0 bridgehead atoms. The third kappa shape index (κ3) is 2.87. The van der Waals surface area contributed by atoms with Gasteiger partial charge < -0.3 is 10.2 Å². The van der Waals surface area contributed by atoms with Gasteiger partial charge in [-0.3, -0.25) is 9.59 Å². The highest BCUT2D eigenvalue weighted by Gasteiger charge is 2.40. The molecule has 17 heavy (non-hydrogen) atoms. The molecule has 0 aliphatic carbocycles. The monoisotopic (exact) mass is 238 g/mol. The maximum absolute atomic E-state index is 12.2. The van der Waals surface area contributed by atoms with Crippen molar-refractivity contribution in [2.45, 2.75) is 45.7 Å². The largest absolute Gasteiger partial charge is 0.342 e. The molecular weight excluding hydrogens is 216 g/mol. The number of rotatable bonds is 5. The summed E-state index contributed by atoms with van der Waals surface area (Å²) < 4.78 is 0. The molecule has 1 fully saturated rings. The predicted octanol–water partition coefficient (Wildman–Crippen LogP) is 1.32. The fourth-order valence-electron chi connectivity index (χ4n) is 2.29. The molecule has 0 aromatic carbocycles. The Balaban J connectivity index is 2.92. The van der Waals surface area contributed by atoms with Crippen molar-refractivity contribution in [3.63, 3.8) is 0 Å². The van der Waals surface area contributed by atoms with Gasteiger partial charge in [0.1, 0.15) is 12.1 Å². The van der Waals surface area contributed by atoms with Gasteiger partial charge in [0.2, 0.25) is 11.8 Å². The van der Waals surface area contributed by atoms with Crippen LogP contribution in [0.25, 0.3) is 0 Å². The molecule has 1 N–H and O–H groups in total. The number of piperazine rings is 1. The lowest BCUT2D eigenvalue weighted by atomic mass is 9.95. The van der Waals surface area contributed by atoms with Gasteiger partial charge in [-0.15, -0.1) is 6.58 Å². The molecule has 1 heterocycles. The van der Waals surface area contributed by atoms with Crippen LogP contribution in [0.4, 0.5) is 0 Å². The van der Waals surface area contributed by atoms with E-state index in [1.807, 2.05) is 20.8 Å². The molecular formula is C13H22N2O2. The molecule has 1 aliphatic heterocycles. The van der Waals surface area contributed by atoms with Crippen molar-refractivity contribution >= 4 is 11.8 Å². The molecule has 4 nitrogen and oxygen atoms in total. The summed E-state index contributed by atoms with van der Waals surface area (Å²) >= 11 is 0. The van der Waals surface area contributed by atoms with Crippen LogP contribution in [0.2, 0.25) is 0 Å². The van der Waals surface area contributed by atoms with Crippen molar-refractivity contribution in [1.82, 2.24) is 10.2 Å². The standard InChI is InChI=1S/C13H22N2O2/c1-5-7-10-13(17)15(8-6-2)11(9(3)4)12(16)14-10/h6,9-11H,2,5,7-8H2,1,3-4H3,(H,14,16). The van der Waals surface area contributed by atoms with E-state index in [4.69, 9.17) is 0 Å². The van der Waals surface area contributed by atoms with Crippen molar-refractivity contribution in [2.75, 3.05) is 6.54 Å². The Morgan fingerprint density at radius 3 is 2.59 bits per heavy atom. The number of hydrogen-bond donors (Lipinski definition) is 1. The van der Waals surface area contributed by atoms with E-state index < -0.39 is 0 Å². The molecule has 2 amide bonds. The van der Waals surface area contributed by atoms with Crippen molar-refractivity contribution < 1.29 is 9.59 Å². The first-order valence-corrected chi connectivity index (χ1v) is 6.24. The van der Waals surface area contributed by atoms with E-state index >= 15 is 0 Å². The van der Waals surface area contributed by atoms with Crippen LogP contribution in [-0.4, -0.2) is 35.3 Å². The second-order valence-corrected chi connectivity index (χ2v) is 4.82. The van der Waals surface area contributed by atoms with E-state index in [2.05, 4.69) is 11.9 Å². The molecule has 4 heteroatoms. The Bertz CT molecular complexity index is 313. The van der Waals surface area contributed by atoms with Gasteiger partial charge in [-0.25, -0.2) is 0 Å². The van der Waals surface area contributed by atoms with Gasteiger partial charge in [0.15, 0.2) is 0 Å². The normalized spacial score (nSPS) is 25.1. The van der Waals surface area contributed by atoms with Gasteiger partial charge in [0.05, 0.1) is 0 Å². The molecule has 2 atom stereocenters. The third-order valence-electron chi connectivity index (χ3n) is 3.04. The molecule has 1 saturated heterocycles. The molecule has 96 valence electrons. The van der Waals surface area contributed by atoms with Crippen LogP contribution in [0.15, 0.2) is 12.7 Å². The van der Waals surface area contributed by atoms with Crippen molar-refractivity contribution in [3.05, 3.63) is 12.7 Å². The van der Waals surface area contributed by atoms with Gasteiger partial charge >= 0.3 is 0 Å². The summed E-state index contributed by atoms with van der Waals surface area (Å²) in [6.07, 6.45) is 3.25. The van der Waals surface area contributed by atoms with E-state index in [1.54, 1.807) is 11.0 Å². The molecule has 0 radical (unpaired) electrons. The van der Waals surface area contributed by atoms with Crippen LogP contribution in [0, 0.1) is 5.92 Å². The maximum Gasteiger partial charge on any atom is 0.246 e. The number of amides is 2. The maximum atomic E-state index is 12.2. The lowest BCUT2D eigenvalue weighted by Crippen LogP contribution is -2.64. The predicted molar refractivity (Wildman–Crippen MR) is 67.4 cm³/mol. The highest BCUT2D eigenvalue weighted by Crippen LogP contribution is 2.19. The summed E-state index contributed by atoms with van der Waals surface area (Å²) in [4.78, 5) is 25.9. The van der Waals surface area contributed by atoms with Crippen LogP contribution >= 0.6 is 0 Å². The lowest BCUT2D eigenvalue weighted by molar-refractivity contribution is -0.150. The minimum atomic E-state index is -0.367. The smallest absolute Gasteiger partial charge is 0.246 e. The minimum Gasteiger partial charge on any atom is -0.342 e. The van der Waals surface area contributed by atoms with Crippen molar-refractivity contribution in [3.8, 4) is 0 Å². The minimum absolute atomic E-state index is 0.0186. The number of hydrogen-bond acceptors (Lipinski definition) is 2. The molecule has 1 rings (SSSR count). The number of carbonyl (C=O) groups is 2. The van der Waals surface area contributed by atoms with Gasteiger partial charge in [-0.05, 0) is 12.3 Å². The second kappa shape index (κ2) is 5.84. The van der Waals surface area contributed by atoms with Gasteiger partial charge in [-0.1, -0.05) is 33.3 Å². The number of nitrogens with one attached hydrogen (secondary N) is 1. The summed E-state index contributed by atoms with van der Waals surface area (Å²) in [5.74, 6) is 0.0893. The first kappa shape index (κ1) is 13.7. The zero-order chi connectivity index (χ0) is 13.0. The highest BCUT2D eigenvalue weighted by atomic mass is 16.2. The van der Waals surface area contributed by atoms with E-state index in [0.29, 0.717) is 13.0 Å². The Labute approximate surface area is 103 Å². The Morgan fingerprint density at radius 1 is 1.47 bits per heavy atom. The lowest BCUT2D eigenvalue weighted by Gasteiger charge is -2.40. The van der Waals surface area contributed by atoms with E-state index in [9.17, 15) is 9.59 Å². The molecule has 0 saturated carbocycles. The molecule has 2 unspecified atom stereocenters. The molecule has 1 aliphatic rings. The van der Waals surface area contributed by atoms with Gasteiger partial charge in [0, 0.05) is 6.54 Å². The average molecular weight is 238 g/mol. The van der Waals surface area contributed by atoms with Crippen LogP contribution < -0.4 is 5.32 Å². The summed E-state index contributed by atoms with van der Waals surface area (Å²) in [6, 6.07) is -0.726.